The third kappa shape index (κ3) is 5.10. The van der Waals surface area contributed by atoms with Crippen LogP contribution >= 0.6 is 0 Å². The van der Waals surface area contributed by atoms with E-state index in [4.69, 9.17) is 5.73 Å². The molecule has 1 aliphatic rings. The van der Waals surface area contributed by atoms with Gasteiger partial charge in [-0.25, -0.2) is 0 Å². The molecule has 0 aromatic heterocycles. The van der Waals surface area contributed by atoms with E-state index >= 15 is 0 Å². The fraction of sp³-hybridized carbons (Fsp3) is 0.562. The number of carbonyl (C=O) groups is 1. The molecule has 10 heteroatoms. The number of halogens is 6. The van der Waals surface area contributed by atoms with Gasteiger partial charge in [-0.05, 0) is 43.1 Å². The molecular weight excluding hydrogens is 364 g/mol. The van der Waals surface area contributed by atoms with Crippen molar-refractivity contribution >= 4 is 11.6 Å². The molecule has 2 rings (SSSR count). The van der Waals surface area contributed by atoms with Crippen LogP contribution in [0.5, 0.6) is 0 Å². The zero-order chi connectivity index (χ0) is 19.8. The molecule has 0 aliphatic carbocycles. The first-order chi connectivity index (χ1) is 11.8. The van der Waals surface area contributed by atoms with Crippen molar-refractivity contribution in [1.82, 2.24) is 4.90 Å². The maximum atomic E-state index is 12.8. The second-order valence-electron chi connectivity index (χ2n) is 6.82. The monoisotopic (exact) mass is 383 g/mol. The minimum atomic E-state index is -4.96. The quantitative estimate of drug-likeness (QED) is 0.785. The van der Waals surface area contributed by atoms with Gasteiger partial charge in [0.15, 0.2) is 0 Å². The Bertz CT molecular complexity index is 641. The summed E-state index contributed by atoms with van der Waals surface area (Å²) >= 11 is 0. The molecule has 1 aromatic rings. The summed E-state index contributed by atoms with van der Waals surface area (Å²) < 4.78 is 77.0. The zero-order valence-electron chi connectivity index (χ0n) is 14.0. The molecule has 4 nitrogen and oxygen atoms in total. The van der Waals surface area contributed by atoms with E-state index in [1.807, 2.05) is 6.92 Å². The number of hydrogen-bond acceptors (Lipinski definition) is 3. The number of nitrogens with two attached hydrogens (primary N) is 1. The van der Waals surface area contributed by atoms with Crippen molar-refractivity contribution in [2.24, 2.45) is 11.1 Å². The Hall–Kier alpha value is -1.81. The van der Waals surface area contributed by atoms with Crippen LogP contribution in [-0.4, -0.2) is 37.0 Å². The SMILES string of the molecule is CC1(CN)CCN(CC(=O)Nc2cc(C(F)(F)F)cc(C(F)(F)F)c2)C1. The first kappa shape index (κ1) is 20.5. The highest BCUT2D eigenvalue weighted by atomic mass is 19.4. The van der Waals surface area contributed by atoms with Gasteiger partial charge in [0.2, 0.25) is 5.91 Å². The summed E-state index contributed by atoms with van der Waals surface area (Å²) in [4.78, 5) is 13.8. The summed E-state index contributed by atoms with van der Waals surface area (Å²) in [5.74, 6) is -0.682. The molecule has 26 heavy (non-hydrogen) atoms. The van der Waals surface area contributed by atoms with E-state index in [0.717, 1.165) is 6.42 Å². The van der Waals surface area contributed by atoms with E-state index in [1.165, 1.54) is 0 Å². The Morgan fingerprint density at radius 3 is 2.12 bits per heavy atom. The van der Waals surface area contributed by atoms with Crippen LogP contribution in [0.25, 0.3) is 0 Å². The van der Waals surface area contributed by atoms with Crippen molar-refractivity contribution in [2.75, 3.05) is 31.5 Å². The molecule has 0 saturated carbocycles. The van der Waals surface area contributed by atoms with E-state index in [2.05, 4.69) is 5.32 Å². The van der Waals surface area contributed by atoms with Gasteiger partial charge < -0.3 is 11.1 Å². The number of carbonyl (C=O) groups excluding carboxylic acids is 1. The Morgan fingerprint density at radius 2 is 1.69 bits per heavy atom. The standard InChI is InChI=1S/C16H19F6N3O/c1-14(8-23)2-3-25(9-14)7-13(26)24-12-5-10(15(17,18)19)4-11(6-12)16(20,21)22/h4-6H,2-3,7-9,23H2,1H3,(H,24,26). The third-order valence-electron chi connectivity index (χ3n) is 4.37. The lowest BCUT2D eigenvalue weighted by Gasteiger charge is -2.22. The molecule has 0 radical (unpaired) electrons. The number of alkyl halides is 6. The Balaban J connectivity index is 2.14. The Morgan fingerprint density at radius 1 is 1.15 bits per heavy atom. The van der Waals surface area contributed by atoms with E-state index in [9.17, 15) is 31.1 Å². The van der Waals surface area contributed by atoms with Crippen molar-refractivity contribution in [3.8, 4) is 0 Å². The summed E-state index contributed by atoms with van der Waals surface area (Å²) in [5, 5.41) is 2.13. The van der Waals surface area contributed by atoms with Crippen LogP contribution in [0.2, 0.25) is 0 Å². The molecule has 146 valence electrons. The van der Waals surface area contributed by atoms with Crippen molar-refractivity contribution < 1.29 is 31.1 Å². The summed E-state index contributed by atoms with van der Waals surface area (Å²) in [6, 6.07) is 0.991. The highest BCUT2D eigenvalue weighted by Gasteiger charge is 2.37. The average Bonchev–Trinajstić information content (AvgIpc) is 2.87. The summed E-state index contributed by atoms with van der Waals surface area (Å²) in [6.07, 6.45) is -9.16. The topological polar surface area (TPSA) is 58.4 Å². The van der Waals surface area contributed by atoms with E-state index < -0.39 is 35.1 Å². The second kappa shape index (κ2) is 7.07. The number of benzene rings is 1. The summed E-state index contributed by atoms with van der Waals surface area (Å²) in [5.41, 5.74) is 2.02. The predicted octanol–water partition coefficient (Wildman–Crippen LogP) is 3.33. The first-order valence-corrected chi connectivity index (χ1v) is 7.84. The van der Waals surface area contributed by atoms with Crippen molar-refractivity contribution in [3.63, 3.8) is 0 Å². The van der Waals surface area contributed by atoms with Gasteiger partial charge in [0.25, 0.3) is 0 Å². The Kier molecular flexibility index (Phi) is 5.57. The van der Waals surface area contributed by atoms with Gasteiger partial charge >= 0.3 is 12.4 Å². The van der Waals surface area contributed by atoms with Crippen LogP contribution in [-0.2, 0) is 17.1 Å². The number of likely N-dealkylation sites (tertiary alicyclic amines) is 1. The molecule has 1 saturated heterocycles. The van der Waals surface area contributed by atoms with Crippen LogP contribution in [0.4, 0.5) is 32.0 Å². The molecule has 1 amide bonds. The maximum absolute atomic E-state index is 12.8. The van der Waals surface area contributed by atoms with Gasteiger partial charge in [0.05, 0.1) is 17.7 Å². The van der Waals surface area contributed by atoms with Gasteiger partial charge in [-0.15, -0.1) is 0 Å². The lowest BCUT2D eigenvalue weighted by atomic mass is 9.90. The normalized spacial score (nSPS) is 21.8. The molecule has 1 unspecified atom stereocenters. The summed E-state index contributed by atoms with van der Waals surface area (Å²) in [6.45, 7) is 3.36. The second-order valence-corrected chi connectivity index (χ2v) is 6.82. The fourth-order valence-corrected chi connectivity index (χ4v) is 2.86. The third-order valence-corrected chi connectivity index (χ3v) is 4.37. The minimum Gasteiger partial charge on any atom is -0.330 e. The largest absolute Gasteiger partial charge is 0.416 e. The van der Waals surface area contributed by atoms with Crippen LogP contribution in [0.3, 0.4) is 0 Å². The van der Waals surface area contributed by atoms with Crippen molar-refractivity contribution in [3.05, 3.63) is 29.3 Å². The molecule has 1 fully saturated rings. The van der Waals surface area contributed by atoms with Gasteiger partial charge in [-0.1, -0.05) is 6.92 Å². The van der Waals surface area contributed by atoms with Crippen molar-refractivity contribution in [2.45, 2.75) is 25.7 Å². The van der Waals surface area contributed by atoms with E-state index in [0.29, 0.717) is 31.8 Å². The number of nitrogens with zero attached hydrogens (tertiary/aromatic N) is 1. The van der Waals surface area contributed by atoms with E-state index in [-0.39, 0.29) is 18.0 Å². The van der Waals surface area contributed by atoms with Gasteiger partial charge in [0.1, 0.15) is 0 Å². The number of amides is 1. The van der Waals surface area contributed by atoms with Crippen LogP contribution < -0.4 is 11.1 Å². The van der Waals surface area contributed by atoms with Crippen LogP contribution in [0.1, 0.15) is 24.5 Å². The number of anilines is 1. The fourth-order valence-electron chi connectivity index (χ4n) is 2.86. The predicted molar refractivity (Wildman–Crippen MR) is 83.3 cm³/mol. The molecule has 0 spiro atoms. The van der Waals surface area contributed by atoms with Gasteiger partial charge in [-0.3, -0.25) is 9.69 Å². The summed E-state index contributed by atoms with van der Waals surface area (Å²) in [7, 11) is 0. The molecule has 3 N–H and O–H groups in total. The number of hydrogen-bond donors (Lipinski definition) is 2. The molecule has 1 aromatic carbocycles. The van der Waals surface area contributed by atoms with Gasteiger partial charge in [-0.2, -0.15) is 26.3 Å². The minimum absolute atomic E-state index is 0.0167. The Labute approximate surface area is 146 Å². The van der Waals surface area contributed by atoms with Gasteiger partial charge in [0, 0.05) is 12.2 Å². The molecule has 1 aliphatic heterocycles. The van der Waals surface area contributed by atoms with Crippen LogP contribution in [0, 0.1) is 5.41 Å². The number of nitrogens with one attached hydrogen (secondary N) is 1. The maximum Gasteiger partial charge on any atom is 0.416 e. The lowest BCUT2D eigenvalue weighted by molar-refractivity contribution is -0.143. The highest BCUT2D eigenvalue weighted by Crippen LogP contribution is 2.37. The van der Waals surface area contributed by atoms with E-state index in [1.54, 1.807) is 4.90 Å². The molecular formula is C16H19F6N3O. The zero-order valence-corrected chi connectivity index (χ0v) is 14.0. The molecule has 1 atom stereocenters. The lowest BCUT2D eigenvalue weighted by Crippen LogP contribution is -2.35. The number of rotatable bonds is 4. The first-order valence-electron chi connectivity index (χ1n) is 7.84. The van der Waals surface area contributed by atoms with Crippen molar-refractivity contribution in [1.29, 1.82) is 0 Å². The highest BCUT2D eigenvalue weighted by molar-refractivity contribution is 5.92. The molecule has 0 bridgehead atoms. The average molecular weight is 383 g/mol. The smallest absolute Gasteiger partial charge is 0.330 e. The molecule has 1 heterocycles. The van der Waals surface area contributed by atoms with Crippen LogP contribution in [0.15, 0.2) is 18.2 Å².